The molecule has 0 amide bonds. The first-order chi connectivity index (χ1) is 13.6. The number of para-hydroxylation sites is 1. The number of hydrogen-bond acceptors (Lipinski definition) is 2. The van der Waals surface area contributed by atoms with Crippen molar-refractivity contribution in [3.05, 3.63) is 87.4 Å². The first-order valence-corrected chi connectivity index (χ1v) is 9.53. The topological polar surface area (TPSA) is 74.7 Å². The van der Waals surface area contributed by atoms with Crippen molar-refractivity contribution in [1.82, 2.24) is 9.97 Å². The summed E-state index contributed by atoms with van der Waals surface area (Å²) in [6.07, 6.45) is 0. The van der Waals surface area contributed by atoms with Gasteiger partial charge in [-0.3, -0.25) is 10.1 Å². The van der Waals surface area contributed by atoms with Gasteiger partial charge in [-0.05, 0) is 36.4 Å². The molecule has 0 atom stereocenters. The third kappa shape index (κ3) is 2.78. The molecular formula is C22H14BrN3O2. The van der Waals surface area contributed by atoms with Crippen molar-refractivity contribution in [2.45, 2.75) is 0 Å². The van der Waals surface area contributed by atoms with Crippen molar-refractivity contribution in [1.29, 1.82) is 0 Å². The molecule has 28 heavy (non-hydrogen) atoms. The number of benzene rings is 3. The number of aromatic nitrogens is 2. The molecule has 5 rings (SSSR count). The fourth-order valence-electron chi connectivity index (χ4n) is 3.55. The third-order valence-corrected chi connectivity index (χ3v) is 5.40. The molecule has 2 aromatic heterocycles. The largest absolute Gasteiger partial charge is 0.354 e. The van der Waals surface area contributed by atoms with Crippen LogP contribution in [0.1, 0.15) is 0 Å². The van der Waals surface area contributed by atoms with Gasteiger partial charge in [-0.2, -0.15) is 0 Å². The smallest absolute Gasteiger partial charge is 0.279 e. The normalized spacial score (nSPS) is 11.3. The Kier molecular flexibility index (Phi) is 3.80. The maximum Gasteiger partial charge on any atom is 0.279 e. The van der Waals surface area contributed by atoms with Crippen LogP contribution in [0.3, 0.4) is 0 Å². The Morgan fingerprint density at radius 1 is 0.786 bits per heavy atom. The number of rotatable bonds is 3. The van der Waals surface area contributed by atoms with Crippen molar-refractivity contribution in [2.24, 2.45) is 0 Å². The van der Waals surface area contributed by atoms with Crippen molar-refractivity contribution >= 4 is 43.4 Å². The summed E-state index contributed by atoms with van der Waals surface area (Å²) in [7, 11) is 0. The van der Waals surface area contributed by atoms with E-state index in [9.17, 15) is 10.1 Å². The maximum absolute atomic E-state index is 11.8. The lowest BCUT2D eigenvalue weighted by Crippen LogP contribution is -1.93. The molecular weight excluding hydrogens is 418 g/mol. The second-order valence-electron chi connectivity index (χ2n) is 6.67. The van der Waals surface area contributed by atoms with E-state index in [4.69, 9.17) is 0 Å². The highest BCUT2D eigenvalue weighted by molar-refractivity contribution is 9.10. The van der Waals surface area contributed by atoms with Gasteiger partial charge in [0, 0.05) is 43.6 Å². The minimum absolute atomic E-state index is 0.0730. The molecule has 136 valence electrons. The van der Waals surface area contributed by atoms with E-state index < -0.39 is 0 Å². The number of halogens is 1. The van der Waals surface area contributed by atoms with Crippen molar-refractivity contribution in [2.75, 3.05) is 0 Å². The number of H-pyrrole nitrogens is 2. The summed E-state index contributed by atoms with van der Waals surface area (Å²) in [5.41, 5.74) is 4.94. The number of hydrogen-bond donors (Lipinski definition) is 2. The lowest BCUT2D eigenvalue weighted by Gasteiger charge is -2.04. The van der Waals surface area contributed by atoms with E-state index in [2.05, 4.69) is 25.9 Å². The van der Waals surface area contributed by atoms with Crippen LogP contribution in [0.25, 0.3) is 44.3 Å². The zero-order valence-corrected chi connectivity index (χ0v) is 16.2. The van der Waals surface area contributed by atoms with Gasteiger partial charge >= 0.3 is 0 Å². The lowest BCUT2D eigenvalue weighted by atomic mass is 10.0. The van der Waals surface area contributed by atoms with Crippen LogP contribution in [0, 0.1) is 10.1 Å². The average Bonchev–Trinajstić information content (AvgIpc) is 3.31. The Morgan fingerprint density at radius 2 is 1.54 bits per heavy atom. The SMILES string of the molecule is O=[N+]([O-])c1cc(-c2cc3ccc(Br)cc3[nH]2)ccc1-c1cc2ccccc2[nH]1. The summed E-state index contributed by atoms with van der Waals surface area (Å²) in [6.45, 7) is 0. The number of aromatic amines is 2. The van der Waals surface area contributed by atoms with Gasteiger partial charge in [0.1, 0.15) is 0 Å². The molecule has 0 aliphatic rings. The van der Waals surface area contributed by atoms with Crippen LogP contribution >= 0.6 is 15.9 Å². The van der Waals surface area contributed by atoms with Crippen LogP contribution in [0.4, 0.5) is 5.69 Å². The fourth-order valence-corrected chi connectivity index (χ4v) is 3.91. The molecule has 0 spiro atoms. The summed E-state index contributed by atoms with van der Waals surface area (Å²) in [5, 5.41) is 13.9. The second kappa shape index (κ2) is 6.35. The van der Waals surface area contributed by atoms with Gasteiger partial charge in [0.25, 0.3) is 5.69 Å². The van der Waals surface area contributed by atoms with Gasteiger partial charge in [0.15, 0.2) is 0 Å². The molecule has 0 saturated carbocycles. The molecule has 0 aliphatic carbocycles. The second-order valence-corrected chi connectivity index (χ2v) is 7.59. The molecule has 2 heterocycles. The first-order valence-electron chi connectivity index (χ1n) is 8.74. The molecule has 2 N–H and O–H groups in total. The molecule has 0 saturated heterocycles. The van der Waals surface area contributed by atoms with Crippen LogP contribution in [0.5, 0.6) is 0 Å². The lowest BCUT2D eigenvalue weighted by molar-refractivity contribution is -0.384. The Morgan fingerprint density at radius 3 is 2.36 bits per heavy atom. The van der Waals surface area contributed by atoms with Crippen LogP contribution in [0.15, 0.2) is 77.3 Å². The predicted octanol–water partition coefficient (Wildman–Crippen LogP) is 6.65. The highest BCUT2D eigenvalue weighted by Gasteiger charge is 2.19. The zero-order chi connectivity index (χ0) is 19.3. The summed E-state index contributed by atoms with van der Waals surface area (Å²) in [4.78, 5) is 18.1. The monoisotopic (exact) mass is 431 g/mol. The van der Waals surface area contributed by atoms with E-state index in [-0.39, 0.29) is 10.6 Å². The van der Waals surface area contributed by atoms with Gasteiger partial charge in [-0.1, -0.05) is 46.3 Å². The zero-order valence-electron chi connectivity index (χ0n) is 14.6. The molecule has 6 heteroatoms. The van der Waals surface area contributed by atoms with Gasteiger partial charge < -0.3 is 9.97 Å². The minimum Gasteiger partial charge on any atom is -0.354 e. The molecule has 0 bridgehead atoms. The van der Waals surface area contributed by atoms with E-state index in [1.54, 1.807) is 12.1 Å². The Balaban J connectivity index is 1.65. The summed E-state index contributed by atoms with van der Waals surface area (Å²) < 4.78 is 0.980. The van der Waals surface area contributed by atoms with E-state index in [1.165, 1.54) is 0 Å². The fraction of sp³-hybridized carbons (Fsp3) is 0. The third-order valence-electron chi connectivity index (χ3n) is 4.91. The molecule has 5 aromatic rings. The number of nitrogens with one attached hydrogen (secondary N) is 2. The Hall–Kier alpha value is -3.38. The van der Waals surface area contributed by atoms with Crippen molar-refractivity contribution < 1.29 is 4.92 Å². The summed E-state index contributed by atoms with van der Waals surface area (Å²) in [5.74, 6) is 0. The maximum atomic E-state index is 11.8. The van der Waals surface area contributed by atoms with Gasteiger partial charge in [0.05, 0.1) is 16.2 Å². The minimum atomic E-state index is -0.330. The quantitative estimate of drug-likeness (QED) is 0.247. The summed E-state index contributed by atoms with van der Waals surface area (Å²) in [6, 6.07) is 23.1. The number of nitrogens with zero attached hydrogens (tertiary/aromatic N) is 1. The van der Waals surface area contributed by atoms with Crippen molar-refractivity contribution in [3.8, 4) is 22.5 Å². The van der Waals surface area contributed by atoms with Gasteiger partial charge in [-0.15, -0.1) is 0 Å². The Bertz CT molecular complexity index is 1330. The predicted molar refractivity (Wildman–Crippen MR) is 115 cm³/mol. The first kappa shape index (κ1) is 16.8. The summed E-state index contributed by atoms with van der Waals surface area (Å²) >= 11 is 3.47. The Labute approximate surface area is 168 Å². The molecule has 0 aliphatic heterocycles. The highest BCUT2D eigenvalue weighted by Crippen LogP contribution is 2.35. The van der Waals surface area contributed by atoms with E-state index in [0.717, 1.165) is 43.2 Å². The van der Waals surface area contributed by atoms with Gasteiger partial charge in [0.2, 0.25) is 0 Å². The molecule has 0 unspecified atom stereocenters. The van der Waals surface area contributed by atoms with Crippen LogP contribution in [0.2, 0.25) is 0 Å². The van der Waals surface area contributed by atoms with Gasteiger partial charge in [-0.25, -0.2) is 0 Å². The van der Waals surface area contributed by atoms with E-state index >= 15 is 0 Å². The molecule has 0 radical (unpaired) electrons. The van der Waals surface area contributed by atoms with E-state index in [0.29, 0.717) is 5.56 Å². The average molecular weight is 432 g/mol. The molecule has 0 fully saturated rings. The van der Waals surface area contributed by atoms with Crippen LogP contribution in [-0.4, -0.2) is 14.9 Å². The number of nitro benzene ring substituents is 1. The van der Waals surface area contributed by atoms with E-state index in [1.807, 2.05) is 60.7 Å². The van der Waals surface area contributed by atoms with Crippen LogP contribution in [-0.2, 0) is 0 Å². The highest BCUT2D eigenvalue weighted by atomic mass is 79.9. The number of nitro groups is 1. The number of fused-ring (bicyclic) bond motifs is 2. The van der Waals surface area contributed by atoms with Crippen LogP contribution < -0.4 is 0 Å². The molecule has 5 nitrogen and oxygen atoms in total. The molecule has 3 aromatic carbocycles. The van der Waals surface area contributed by atoms with Crippen molar-refractivity contribution in [3.63, 3.8) is 0 Å². The standard InChI is InChI=1S/C22H14BrN3O2/c23-16-7-5-14-9-19(25-20(14)12-16)15-6-8-17(22(11-15)26(27)28)21-10-13-3-1-2-4-18(13)24-21/h1-12,24-25H.